The molecule has 8 heteroatoms. The third-order valence-corrected chi connectivity index (χ3v) is 4.30. The number of halogens is 1. The SMILES string of the molecule is O=[N+]([O-])c1ccccc1-c1nnc(C(F)=C2CCOCC2)s1. The van der Waals surface area contributed by atoms with E-state index in [2.05, 4.69) is 10.2 Å². The Balaban J connectivity index is 1.96. The van der Waals surface area contributed by atoms with Crippen LogP contribution >= 0.6 is 11.3 Å². The molecule has 2 heterocycles. The zero-order valence-electron chi connectivity index (χ0n) is 11.5. The third-order valence-electron chi connectivity index (χ3n) is 3.35. The summed E-state index contributed by atoms with van der Waals surface area (Å²) in [6.45, 7) is 0.997. The Bertz CT molecular complexity index is 736. The van der Waals surface area contributed by atoms with Crippen LogP contribution in [-0.4, -0.2) is 28.3 Å². The van der Waals surface area contributed by atoms with Crippen LogP contribution in [0.25, 0.3) is 16.4 Å². The predicted molar refractivity (Wildman–Crippen MR) is 80.1 cm³/mol. The molecule has 1 aliphatic rings. The van der Waals surface area contributed by atoms with Gasteiger partial charge in [0.1, 0.15) is 0 Å². The third kappa shape index (κ3) is 2.88. The molecule has 2 aromatic rings. The number of para-hydroxylation sites is 1. The van der Waals surface area contributed by atoms with Gasteiger partial charge in [-0.25, -0.2) is 4.39 Å². The second-order valence-electron chi connectivity index (χ2n) is 4.72. The Morgan fingerprint density at radius 2 is 2.00 bits per heavy atom. The van der Waals surface area contributed by atoms with Gasteiger partial charge in [0.25, 0.3) is 5.69 Å². The lowest BCUT2D eigenvalue weighted by Gasteiger charge is -2.14. The van der Waals surface area contributed by atoms with Crippen molar-refractivity contribution < 1.29 is 14.1 Å². The molecule has 0 bridgehead atoms. The highest BCUT2D eigenvalue weighted by atomic mass is 32.1. The molecule has 114 valence electrons. The van der Waals surface area contributed by atoms with Crippen molar-refractivity contribution in [3.05, 3.63) is 45.0 Å². The number of aromatic nitrogens is 2. The minimum absolute atomic E-state index is 0.0654. The molecule has 0 radical (unpaired) electrons. The van der Waals surface area contributed by atoms with Gasteiger partial charge in [-0.1, -0.05) is 23.5 Å². The molecular weight excluding hydrogens is 309 g/mol. The molecule has 0 saturated carbocycles. The van der Waals surface area contributed by atoms with E-state index in [0.717, 1.165) is 11.3 Å². The first-order chi connectivity index (χ1) is 10.7. The van der Waals surface area contributed by atoms with Crippen molar-refractivity contribution in [3.63, 3.8) is 0 Å². The summed E-state index contributed by atoms with van der Waals surface area (Å²) in [6.07, 6.45) is 1.07. The zero-order chi connectivity index (χ0) is 15.5. The van der Waals surface area contributed by atoms with Gasteiger partial charge in [-0.05, 0) is 24.5 Å². The smallest absolute Gasteiger partial charge is 0.279 e. The molecule has 0 unspecified atom stereocenters. The van der Waals surface area contributed by atoms with Crippen LogP contribution in [0.1, 0.15) is 17.8 Å². The zero-order valence-corrected chi connectivity index (χ0v) is 12.3. The van der Waals surface area contributed by atoms with Gasteiger partial charge in [-0.15, -0.1) is 10.2 Å². The number of hydrogen-bond donors (Lipinski definition) is 0. The maximum Gasteiger partial charge on any atom is 0.279 e. The van der Waals surface area contributed by atoms with Gasteiger partial charge in [0, 0.05) is 6.07 Å². The molecule has 0 spiro atoms. The van der Waals surface area contributed by atoms with Crippen LogP contribution in [0.4, 0.5) is 10.1 Å². The monoisotopic (exact) mass is 321 g/mol. The molecule has 6 nitrogen and oxygen atoms in total. The molecule has 1 aliphatic heterocycles. The Kier molecular flexibility index (Phi) is 4.21. The minimum Gasteiger partial charge on any atom is -0.381 e. The van der Waals surface area contributed by atoms with Gasteiger partial charge in [0.05, 0.1) is 23.7 Å². The lowest BCUT2D eigenvalue weighted by atomic mass is 10.1. The maximum absolute atomic E-state index is 14.4. The van der Waals surface area contributed by atoms with E-state index in [-0.39, 0.29) is 16.5 Å². The minimum atomic E-state index is -0.482. The Morgan fingerprint density at radius 3 is 2.73 bits per heavy atom. The van der Waals surface area contributed by atoms with Gasteiger partial charge in [-0.2, -0.15) is 0 Å². The van der Waals surface area contributed by atoms with Crippen LogP contribution < -0.4 is 0 Å². The van der Waals surface area contributed by atoms with E-state index >= 15 is 0 Å². The van der Waals surface area contributed by atoms with E-state index in [1.165, 1.54) is 6.07 Å². The second-order valence-corrected chi connectivity index (χ2v) is 5.69. The van der Waals surface area contributed by atoms with E-state index in [1.807, 2.05) is 0 Å². The molecule has 1 fully saturated rings. The maximum atomic E-state index is 14.4. The first kappa shape index (κ1) is 14.7. The number of nitro benzene ring substituents is 1. The van der Waals surface area contributed by atoms with Gasteiger partial charge in [0.2, 0.25) is 0 Å². The van der Waals surface area contributed by atoms with Gasteiger partial charge < -0.3 is 4.74 Å². The largest absolute Gasteiger partial charge is 0.381 e. The molecular formula is C14H12FN3O3S. The number of nitro groups is 1. The highest BCUT2D eigenvalue weighted by molar-refractivity contribution is 7.15. The van der Waals surface area contributed by atoms with Crippen molar-refractivity contribution >= 4 is 22.9 Å². The quantitative estimate of drug-likeness (QED) is 0.637. The summed E-state index contributed by atoms with van der Waals surface area (Å²) in [4.78, 5) is 10.6. The normalized spacial score (nSPS) is 14.9. The molecule has 1 aromatic heterocycles. The highest BCUT2D eigenvalue weighted by Gasteiger charge is 2.21. The van der Waals surface area contributed by atoms with Crippen LogP contribution in [0.3, 0.4) is 0 Å². The number of benzene rings is 1. The lowest BCUT2D eigenvalue weighted by Crippen LogP contribution is -2.08. The van der Waals surface area contributed by atoms with Gasteiger partial charge in [0.15, 0.2) is 15.8 Å². The van der Waals surface area contributed by atoms with Crippen LogP contribution in [0.15, 0.2) is 29.8 Å². The number of hydrogen-bond acceptors (Lipinski definition) is 6. The Hall–Kier alpha value is -2.19. The van der Waals surface area contributed by atoms with E-state index in [1.54, 1.807) is 18.2 Å². The van der Waals surface area contributed by atoms with Crippen LogP contribution in [-0.2, 0) is 4.74 Å². The van der Waals surface area contributed by atoms with Crippen LogP contribution in [0.5, 0.6) is 0 Å². The van der Waals surface area contributed by atoms with Crippen LogP contribution in [0.2, 0.25) is 0 Å². The molecule has 3 rings (SSSR count). The fourth-order valence-corrected chi connectivity index (χ4v) is 3.09. The first-order valence-corrected chi connectivity index (χ1v) is 7.51. The summed E-state index contributed by atoms with van der Waals surface area (Å²) >= 11 is 1.02. The standard InChI is InChI=1S/C14H12FN3O3S/c15-12(9-5-7-21-8-6-9)14-17-16-13(22-14)10-3-1-2-4-11(10)18(19)20/h1-4H,5-8H2. The number of rotatable bonds is 3. The average molecular weight is 321 g/mol. The average Bonchev–Trinajstić information content (AvgIpc) is 3.04. The molecule has 0 amide bonds. The van der Waals surface area contributed by atoms with E-state index in [0.29, 0.717) is 42.2 Å². The van der Waals surface area contributed by atoms with Crippen molar-refractivity contribution in [1.29, 1.82) is 0 Å². The molecule has 0 N–H and O–H groups in total. The summed E-state index contributed by atoms with van der Waals surface area (Å²) in [5.41, 5.74) is 0.946. The topological polar surface area (TPSA) is 78.2 Å². The molecule has 0 atom stereocenters. The predicted octanol–water partition coefficient (Wildman–Crippen LogP) is 3.60. The molecule has 22 heavy (non-hydrogen) atoms. The summed E-state index contributed by atoms with van der Waals surface area (Å²) in [7, 11) is 0. The number of ether oxygens (including phenoxy) is 1. The fraction of sp³-hybridized carbons (Fsp3) is 0.286. The van der Waals surface area contributed by atoms with Crippen molar-refractivity contribution in [2.24, 2.45) is 0 Å². The second kappa shape index (κ2) is 6.29. The molecule has 1 aromatic carbocycles. The summed E-state index contributed by atoms with van der Waals surface area (Å²) in [5, 5.41) is 19.3. The van der Waals surface area contributed by atoms with E-state index < -0.39 is 4.92 Å². The fourth-order valence-electron chi connectivity index (χ4n) is 2.22. The summed E-state index contributed by atoms with van der Waals surface area (Å²) in [6, 6.07) is 6.23. The Morgan fingerprint density at radius 1 is 1.27 bits per heavy atom. The summed E-state index contributed by atoms with van der Waals surface area (Å²) < 4.78 is 19.6. The van der Waals surface area contributed by atoms with E-state index in [9.17, 15) is 14.5 Å². The van der Waals surface area contributed by atoms with Crippen molar-refractivity contribution in [1.82, 2.24) is 10.2 Å². The highest BCUT2D eigenvalue weighted by Crippen LogP contribution is 2.35. The van der Waals surface area contributed by atoms with Crippen molar-refractivity contribution in [3.8, 4) is 10.6 Å². The molecule has 1 saturated heterocycles. The Labute approximate surface area is 129 Å². The van der Waals surface area contributed by atoms with Crippen molar-refractivity contribution in [2.45, 2.75) is 12.8 Å². The van der Waals surface area contributed by atoms with E-state index in [4.69, 9.17) is 4.74 Å². The van der Waals surface area contributed by atoms with Gasteiger partial charge >= 0.3 is 0 Å². The lowest BCUT2D eigenvalue weighted by molar-refractivity contribution is -0.384. The molecule has 0 aliphatic carbocycles. The van der Waals surface area contributed by atoms with Crippen molar-refractivity contribution in [2.75, 3.05) is 13.2 Å². The van der Waals surface area contributed by atoms with Gasteiger partial charge in [-0.3, -0.25) is 10.1 Å². The first-order valence-electron chi connectivity index (χ1n) is 6.70. The summed E-state index contributed by atoms with van der Waals surface area (Å²) in [5.74, 6) is -0.384. The van der Waals surface area contributed by atoms with Crippen LogP contribution in [0, 0.1) is 10.1 Å². The number of nitrogens with zero attached hydrogens (tertiary/aromatic N) is 3.